The minimum atomic E-state index is -0.0209. The maximum atomic E-state index is 9.59. The molecule has 3 aliphatic carbocycles. The van der Waals surface area contributed by atoms with Crippen molar-refractivity contribution < 1.29 is 5.11 Å². The summed E-state index contributed by atoms with van der Waals surface area (Å²) in [5, 5.41) is 9.59. The molecule has 16 heavy (non-hydrogen) atoms. The van der Waals surface area contributed by atoms with Gasteiger partial charge < -0.3 is 10.0 Å². The smallest absolute Gasteiger partial charge is 0.0555 e. The van der Waals surface area contributed by atoms with Crippen LogP contribution in [0.25, 0.3) is 0 Å². The van der Waals surface area contributed by atoms with Gasteiger partial charge in [-0.2, -0.15) is 0 Å². The number of rotatable bonds is 3. The van der Waals surface area contributed by atoms with E-state index in [1.54, 1.807) is 0 Å². The second kappa shape index (κ2) is 4.30. The van der Waals surface area contributed by atoms with Gasteiger partial charge in [0.05, 0.1) is 6.10 Å². The summed E-state index contributed by atoms with van der Waals surface area (Å²) in [5.41, 5.74) is 0. The van der Waals surface area contributed by atoms with Gasteiger partial charge in [-0.15, -0.1) is 0 Å². The van der Waals surface area contributed by atoms with Gasteiger partial charge in [0.25, 0.3) is 0 Å². The molecular weight excluding hydrogens is 198 g/mol. The Hall–Kier alpha value is -0.0800. The summed E-state index contributed by atoms with van der Waals surface area (Å²) in [7, 11) is 2.27. The third-order valence-corrected chi connectivity index (χ3v) is 5.41. The van der Waals surface area contributed by atoms with Gasteiger partial charge in [-0.05, 0) is 63.3 Å². The lowest BCUT2D eigenvalue weighted by molar-refractivity contribution is 0.144. The minimum Gasteiger partial charge on any atom is -0.393 e. The highest BCUT2D eigenvalue weighted by Gasteiger charge is 2.40. The first-order chi connectivity index (χ1) is 7.72. The quantitative estimate of drug-likeness (QED) is 0.793. The minimum absolute atomic E-state index is 0.0209. The van der Waals surface area contributed by atoms with E-state index in [-0.39, 0.29) is 6.10 Å². The molecule has 3 aliphatic rings. The number of hydrogen-bond donors (Lipinski definition) is 1. The van der Waals surface area contributed by atoms with Crippen LogP contribution in [0.5, 0.6) is 0 Å². The highest BCUT2D eigenvalue weighted by Crippen LogP contribution is 2.48. The van der Waals surface area contributed by atoms with Crippen LogP contribution in [0, 0.1) is 17.8 Å². The first-order valence-electron chi connectivity index (χ1n) is 7.10. The Bertz CT molecular complexity index is 255. The fourth-order valence-electron chi connectivity index (χ4n) is 4.45. The maximum Gasteiger partial charge on any atom is 0.0555 e. The molecule has 0 radical (unpaired) electrons. The first kappa shape index (κ1) is 11.0. The van der Waals surface area contributed by atoms with Gasteiger partial charge in [0, 0.05) is 12.6 Å². The van der Waals surface area contributed by atoms with Gasteiger partial charge in [-0.1, -0.05) is 6.42 Å². The number of nitrogens with zero attached hydrogens (tertiary/aromatic N) is 1. The Labute approximate surface area is 99.0 Å². The van der Waals surface area contributed by atoms with Gasteiger partial charge in [0.2, 0.25) is 0 Å². The molecular formula is C14H25NO. The Morgan fingerprint density at radius 1 is 1.06 bits per heavy atom. The maximum absolute atomic E-state index is 9.59. The van der Waals surface area contributed by atoms with Crippen molar-refractivity contribution >= 4 is 0 Å². The summed E-state index contributed by atoms with van der Waals surface area (Å²) in [6, 6.07) is 0.661. The number of aliphatic hydroxyl groups excluding tert-OH is 1. The summed E-state index contributed by atoms with van der Waals surface area (Å²) in [4.78, 5) is 2.54. The molecule has 2 bridgehead atoms. The summed E-state index contributed by atoms with van der Waals surface area (Å²) >= 11 is 0. The third kappa shape index (κ3) is 2.02. The van der Waals surface area contributed by atoms with Crippen molar-refractivity contribution in [2.45, 2.75) is 57.1 Å². The van der Waals surface area contributed by atoms with Gasteiger partial charge in [0.15, 0.2) is 0 Å². The van der Waals surface area contributed by atoms with Crippen LogP contribution in [-0.4, -0.2) is 35.7 Å². The second-order valence-corrected chi connectivity index (χ2v) is 6.50. The molecule has 0 aromatic carbocycles. The number of hydrogen-bond acceptors (Lipinski definition) is 2. The van der Waals surface area contributed by atoms with Crippen molar-refractivity contribution in [2.75, 3.05) is 13.6 Å². The third-order valence-electron chi connectivity index (χ3n) is 5.41. The van der Waals surface area contributed by atoms with E-state index in [1.165, 1.54) is 38.6 Å². The van der Waals surface area contributed by atoms with Crippen LogP contribution in [0.3, 0.4) is 0 Å². The lowest BCUT2D eigenvalue weighted by Crippen LogP contribution is -2.35. The molecule has 3 saturated carbocycles. The molecule has 0 aromatic rings. The zero-order chi connectivity index (χ0) is 11.1. The van der Waals surface area contributed by atoms with E-state index in [1.807, 2.05) is 0 Å². The van der Waals surface area contributed by atoms with E-state index in [0.717, 1.165) is 30.6 Å². The molecule has 3 rings (SSSR count). The summed E-state index contributed by atoms with van der Waals surface area (Å²) in [6.45, 7) is 1.29. The van der Waals surface area contributed by atoms with Gasteiger partial charge >= 0.3 is 0 Å². The zero-order valence-corrected chi connectivity index (χ0v) is 10.4. The lowest BCUT2D eigenvalue weighted by atomic mass is 9.88. The average molecular weight is 223 g/mol. The number of aliphatic hydroxyl groups is 1. The molecule has 92 valence electrons. The molecule has 5 atom stereocenters. The largest absolute Gasteiger partial charge is 0.393 e. The van der Waals surface area contributed by atoms with E-state index in [9.17, 15) is 5.11 Å². The van der Waals surface area contributed by atoms with Crippen molar-refractivity contribution in [3.8, 4) is 0 Å². The summed E-state index contributed by atoms with van der Waals surface area (Å²) < 4.78 is 0. The van der Waals surface area contributed by atoms with Crippen molar-refractivity contribution in [3.05, 3.63) is 0 Å². The van der Waals surface area contributed by atoms with Crippen LogP contribution in [0.2, 0.25) is 0 Å². The fourth-order valence-corrected chi connectivity index (χ4v) is 4.45. The second-order valence-electron chi connectivity index (χ2n) is 6.50. The molecule has 0 aliphatic heterocycles. The predicted molar refractivity (Wildman–Crippen MR) is 65.2 cm³/mol. The van der Waals surface area contributed by atoms with Crippen LogP contribution < -0.4 is 0 Å². The van der Waals surface area contributed by atoms with E-state index in [0.29, 0.717) is 6.04 Å². The van der Waals surface area contributed by atoms with Gasteiger partial charge in [0.1, 0.15) is 0 Å². The predicted octanol–water partition coefficient (Wildman–Crippen LogP) is 2.27. The van der Waals surface area contributed by atoms with Crippen LogP contribution in [0.15, 0.2) is 0 Å². The Morgan fingerprint density at radius 2 is 1.94 bits per heavy atom. The molecule has 0 aromatic heterocycles. The van der Waals surface area contributed by atoms with E-state index >= 15 is 0 Å². The Morgan fingerprint density at radius 3 is 2.50 bits per heavy atom. The highest BCUT2D eigenvalue weighted by atomic mass is 16.3. The molecule has 1 N–H and O–H groups in total. The van der Waals surface area contributed by atoms with Crippen LogP contribution in [0.4, 0.5) is 0 Å². The molecule has 2 heteroatoms. The van der Waals surface area contributed by atoms with E-state index in [2.05, 4.69) is 11.9 Å². The van der Waals surface area contributed by atoms with Gasteiger partial charge in [-0.25, -0.2) is 0 Å². The van der Waals surface area contributed by atoms with Gasteiger partial charge in [-0.3, -0.25) is 0 Å². The molecule has 0 spiro atoms. The molecule has 5 unspecified atom stereocenters. The van der Waals surface area contributed by atoms with Crippen LogP contribution in [-0.2, 0) is 0 Å². The Kier molecular flexibility index (Phi) is 2.97. The summed E-state index contributed by atoms with van der Waals surface area (Å²) in [5.74, 6) is 3.08. The molecule has 0 heterocycles. The van der Waals surface area contributed by atoms with Crippen LogP contribution >= 0.6 is 0 Å². The van der Waals surface area contributed by atoms with Crippen molar-refractivity contribution in [2.24, 2.45) is 17.8 Å². The molecule has 2 nitrogen and oxygen atoms in total. The average Bonchev–Trinajstić information content (AvgIpc) is 2.92. The topological polar surface area (TPSA) is 23.5 Å². The summed E-state index contributed by atoms with van der Waals surface area (Å²) in [6.07, 6.45) is 9.23. The first-order valence-corrected chi connectivity index (χ1v) is 7.10. The van der Waals surface area contributed by atoms with Crippen LogP contribution in [0.1, 0.15) is 44.9 Å². The van der Waals surface area contributed by atoms with Crippen molar-refractivity contribution in [3.63, 3.8) is 0 Å². The van der Waals surface area contributed by atoms with Crippen molar-refractivity contribution in [1.29, 1.82) is 0 Å². The normalized spacial score (nSPS) is 47.1. The highest BCUT2D eigenvalue weighted by molar-refractivity contribution is 4.92. The molecule has 0 saturated heterocycles. The number of fused-ring (bicyclic) bond motifs is 2. The molecule has 0 amide bonds. The SMILES string of the molecule is CN(CC1CC2CCC1C2)C1CCC(O)C1. The lowest BCUT2D eigenvalue weighted by Gasteiger charge is -2.31. The monoisotopic (exact) mass is 223 g/mol. The fraction of sp³-hybridized carbons (Fsp3) is 1.00. The van der Waals surface area contributed by atoms with E-state index in [4.69, 9.17) is 0 Å². The zero-order valence-electron chi connectivity index (χ0n) is 10.4. The van der Waals surface area contributed by atoms with Crippen molar-refractivity contribution in [1.82, 2.24) is 4.90 Å². The Balaban J connectivity index is 1.51. The van der Waals surface area contributed by atoms with E-state index < -0.39 is 0 Å². The molecule has 3 fully saturated rings. The standard InChI is InChI=1S/C14H25NO/c1-15(13-4-5-14(16)8-13)9-12-7-10-2-3-11(12)6-10/h10-14,16H,2-9H2,1H3.